The molecule has 1 aromatic carbocycles. The molecule has 4 nitrogen and oxygen atoms in total. The molecule has 0 unspecified atom stereocenters. The minimum atomic E-state index is -0.226. The summed E-state index contributed by atoms with van der Waals surface area (Å²) in [5.41, 5.74) is 0.490. The maximum absolute atomic E-state index is 12.3. The van der Waals surface area contributed by atoms with Gasteiger partial charge in [-0.1, -0.05) is 12.1 Å². The number of fused-ring (bicyclic) bond motifs is 1. The van der Waals surface area contributed by atoms with Gasteiger partial charge >= 0.3 is 0 Å². The number of aromatic amines is 1. The quantitative estimate of drug-likeness (QED) is 0.555. The second kappa shape index (κ2) is 5.43. The summed E-state index contributed by atoms with van der Waals surface area (Å²) in [6, 6.07) is 9.15. The van der Waals surface area contributed by atoms with Gasteiger partial charge in [-0.25, -0.2) is 0 Å². The summed E-state index contributed by atoms with van der Waals surface area (Å²) in [7, 11) is 0. The zero-order valence-electron chi connectivity index (χ0n) is 10.0. The van der Waals surface area contributed by atoms with Gasteiger partial charge in [0.2, 0.25) is 4.77 Å². The molecule has 0 aliphatic heterocycles. The maximum atomic E-state index is 12.3. The molecule has 2 aromatic heterocycles. The lowest BCUT2D eigenvalue weighted by Crippen LogP contribution is -2.18. The molecule has 0 atom stereocenters. The number of nitrogens with one attached hydrogen (secondary N) is 1. The number of nitrogens with zero attached hydrogens (tertiary/aromatic N) is 2. The molecule has 0 saturated heterocycles. The summed E-state index contributed by atoms with van der Waals surface area (Å²) in [5.74, 6) is 0. The Hall–Kier alpha value is -1.57. The van der Waals surface area contributed by atoms with E-state index in [1.165, 1.54) is 16.0 Å². The first-order valence-corrected chi connectivity index (χ1v) is 7.76. The number of thiophene rings is 1. The fourth-order valence-corrected chi connectivity index (χ4v) is 3.31. The van der Waals surface area contributed by atoms with Crippen LogP contribution in [0.3, 0.4) is 0 Å². The van der Waals surface area contributed by atoms with E-state index in [1.807, 2.05) is 29.6 Å². The van der Waals surface area contributed by atoms with E-state index in [-0.39, 0.29) is 10.3 Å². The van der Waals surface area contributed by atoms with Gasteiger partial charge in [0, 0.05) is 14.7 Å². The third-order valence-electron chi connectivity index (χ3n) is 2.67. The van der Waals surface area contributed by atoms with E-state index in [0.29, 0.717) is 10.9 Å². The van der Waals surface area contributed by atoms with Crippen molar-refractivity contribution in [3.63, 3.8) is 0 Å². The van der Waals surface area contributed by atoms with Crippen LogP contribution in [0.15, 0.2) is 50.1 Å². The van der Waals surface area contributed by atoms with Gasteiger partial charge in [0.05, 0.1) is 17.1 Å². The molecular formula is C13H8BrN3OS2. The van der Waals surface area contributed by atoms with Gasteiger partial charge in [-0.2, -0.15) is 9.78 Å². The number of benzene rings is 1. The molecule has 0 bridgehead atoms. The van der Waals surface area contributed by atoms with Crippen molar-refractivity contribution in [1.82, 2.24) is 9.66 Å². The highest BCUT2D eigenvalue weighted by atomic mass is 79.9. The second-order valence-electron chi connectivity index (χ2n) is 4.00. The first kappa shape index (κ1) is 13.4. The lowest BCUT2D eigenvalue weighted by Gasteiger charge is -2.01. The van der Waals surface area contributed by atoms with E-state index in [9.17, 15) is 4.79 Å². The van der Waals surface area contributed by atoms with Crippen molar-refractivity contribution in [2.45, 2.75) is 0 Å². The molecular weight excluding hydrogens is 358 g/mol. The third-order valence-corrected chi connectivity index (χ3v) is 4.58. The van der Waals surface area contributed by atoms with Crippen molar-refractivity contribution in [3.05, 3.63) is 60.2 Å². The number of rotatable bonds is 2. The average molecular weight is 366 g/mol. The Balaban J connectivity index is 2.14. The van der Waals surface area contributed by atoms with Crippen molar-refractivity contribution in [1.29, 1.82) is 0 Å². The standard InChI is InChI=1S/C13H8BrN3OS2/c14-8-5-9(20-7-8)6-15-17-12(18)10-3-1-2-4-11(10)16-13(17)19/h1-7H,(H,16,19)/b15-6-. The molecule has 0 saturated carbocycles. The maximum Gasteiger partial charge on any atom is 0.282 e. The number of halogens is 1. The fraction of sp³-hybridized carbons (Fsp3) is 0. The number of aromatic nitrogens is 2. The van der Waals surface area contributed by atoms with Crippen LogP contribution in [0.4, 0.5) is 0 Å². The Morgan fingerprint density at radius 2 is 2.20 bits per heavy atom. The van der Waals surface area contributed by atoms with Crippen molar-refractivity contribution in [2.24, 2.45) is 5.10 Å². The highest BCUT2D eigenvalue weighted by Gasteiger charge is 2.03. The third kappa shape index (κ3) is 2.52. The van der Waals surface area contributed by atoms with E-state index in [2.05, 4.69) is 26.0 Å². The molecule has 2 heterocycles. The predicted octanol–water partition coefficient (Wildman–Crippen LogP) is 3.77. The van der Waals surface area contributed by atoms with Crippen LogP contribution in [0.25, 0.3) is 10.9 Å². The summed E-state index contributed by atoms with van der Waals surface area (Å²) in [4.78, 5) is 16.3. The van der Waals surface area contributed by atoms with Crippen LogP contribution in [0, 0.1) is 4.77 Å². The van der Waals surface area contributed by atoms with Crippen LogP contribution >= 0.6 is 39.5 Å². The van der Waals surface area contributed by atoms with Crippen LogP contribution in [-0.2, 0) is 0 Å². The highest BCUT2D eigenvalue weighted by Crippen LogP contribution is 2.17. The highest BCUT2D eigenvalue weighted by molar-refractivity contribution is 9.10. The van der Waals surface area contributed by atoms with Crippen LogP contribution in [0.1, 0.15) is 4.88 Å². The molecule has 0 amide bonds. The van der Waals surface area contributed by atoms with Gasteiger partial charge in [-0.3, -0.25) is 4.79 Å². The van der Waals surface area contributed by atoms with E-state index in [1.54, 1.807) is 12.3 Å². The van der Waals surface area contributed by atoms with Gasteiger partial charge in [0.15, 0.2) is 0 Å². The van der Waals surface area contributed by atoms with Gasteiger partial charge in [0.1, 0.15) is 0 Å². The van der Waals surface area contributed by atoms with E-state index in [4.69, 9.17) is 12.2 Å². The minimum Gasteiger partial charge on any atom is -0.330 e. The molecule has 0 fully saturated rings. The molecule has 7 heteroatoms. The molecule has 0 aliphatic carbocycles. The molecule has 1 N–H and O–H groups in total. The van der Waals surface area contributed by atoms with Crippen LogP contribution in [-0.4, -0.2) is 15.9 Å². The molecule has 3 aromatic rings. The molecule has 100 valence electrons. The summed E-state index contributed by atoms with van der Waals surface area (Å²) in [6.07, 6.45) is 1.62. The van der Waals surface area contributed by atoms with Gasteiger partial charge in [-0.05, 0) is 46.3 Å². The summed E-state index contributed by atoms with van der Waals surface area (Å²) >= 11 is 10.1. The van der Waals surface area contributed by atoms with E-state index < -0.39 is 0 Å². The summed E-state index contributed by atoms with van der Waals surface area (Å²) in [5, 5.41) is 6.68. The van der Waals surface area contributed by atoms with E-state index >= 15 is 0 Å². The topological polar surface area (TPSA) is 50.1 Å². The van der Waals surface area contributed by atoms with Crippen molar-refractivity contribution >= 4 is 56.6 Å². The summed E-state index contributed by atoms with van der Waals surface area (Å²) in [6.45, 7) is 0. The summed E-state index contributed by atoms with van der Waals surface area (Å²) < 4.78 is 2.46. The predicted molar refractivity (Wildman–Crippen MR) is 88.4 cm³/mol. The monoisotopic (exact) mass is 365 g/mol. The van der Waals surface area contributed by atoms with E-state index in [0.717, 1.165) is 9.35 Å². The molecule has 3 rings (SSSR count). The Labute approximate surface area is 131 Å². The molecule has 0 radical (unpaired) electrons. The number of para-hydroxylation sites is 1. The number of hydrogen-bond acceptors (Lipinski definition) is 4. The van der Waals surface area contributed by atoms with Crippen molar-refractivity contribution in [3.8, 4) is 0 Å². The molecule has 0 aliphatic rings. The first-order valence-electron chi connectivity index (χ1n) is 5.67. The normalized spacial score (nSPS) is 11.4. The van der Waals surface area contributed by atoms with Crippen molar-refractivity contribution in [2.75, 3.05) is 0 Å². The zero-order chi connectivity index (χ0) is 14.1. The van der Waals surface area contributed by atoms with Crippen LogP contribution in [0.5, 0.6) is 0 Å². The van der Waals surface area contributed by atoms with Crippen LogP contribution in [0.2, 0.25) is 0 Å². The second-order valence-corrected chi connectivity index (χ2v) is 6.25. The van der Waals surface area contributed by atoms with Gasteiger partial charge in [-0.15, -0.1) is 11.3 Å². The smallest absolute Gasteiger partial charge is 0.282 e. The minimum absolute atomic E-state index is 0.226. The molecule has 20 heavy (non-hydrogen) atoms. The van der Waals surface area contributed by atoms with Gasteiger partial charge in [0.25, 0.3) is 5.56 Å². The Kier molecular flexibility index (Phi) is 3.64. The zero-order valence-corrected chi connectivity index (χ0v) is 13.3. The lowest BCUT2D eigenvalue weighted by atomic mass is 10.2. The van der Waals surface area contributed by atoms with Crippen LogP contribution < -0.4 is 5.56 Å². The average Bonchev–Trinajstić information content (AvgIpc) is 2.84. The Bertz CT molecular complexity index is 923. The Morgan fingerprint density at radius 1 is 1.40 bits per heavy atom. The largest absolute Gasteiger partial charge is 0.330 e. The first-order chi connectivity index (χ1) is 9.65. The number of H-pyrrole nitrogens is 1. The van der Waals surface area contributed by atoms with Gasteiger partial charge < -0.3 is 4.98 Å². The number of hydrogen-bond donors (Lipinski definition) is 1. The Morgan fingerprint density at radius 3 is 2.95 bits per heavy atom. The van der Waals surface area contributed by atoms with Crippen molar-refractivity contribution < 1.29 is 0 Å². The fourth-order valence-electron chi connectivity index (χ4n) is 1.77. The SMILES string of the molecule is O=c1c2ccccc2[nH]c(=S)n1/N=C\c1cc(Br)cs1. The lowest BCUT2D eigenvalue weighted by molar-refractivity contribution is 0.800. The molecule has 0 spiro atoms.